The van der Waals surface area contributed by atoms with Gasteiger partial charge in [-0.2, -0.15) is 0 Å². The number of pyridine rings is 1. The summed E-state index contributed by atoms with van der Waals surface area (Å²) in [5.41, 5.74) is 7.52. The predicted molar refractivity (Wildman–Crippen MR) is 154 cm³/mol. The average Bonchev–Trinajstić information content (AvgIpc) is 3.36. The number of carbonyl (C=O) groups excluding carboxylic acids is 2. The van der Waals surface area contributed by atoms with Gasteiger partial charge in [0.2, 0.25) is 0 Å². The Morgan fingerprint density at radius 2 is 1.98 bits per heavy atom. The summed E-state index contributed by atoms with van der Waals surface area (Å²) < 4.78 is 20.7. The zero-order valence-corrected chi connectivity index (χ0v) is 23.9. The van der Waals surface area contributed by atoms with Gasteiger partial charge >= 0.3 is 6.09 Å². The predicted octanol–water partition coefficient (Wildman–Crippen LogP) is 4.67. The van der Waals surface area contributed by atoms with Crippen LogP contribution in [-0.4, -0.2) is 63.5 Å². The fourth-order valence-electron chi connectivity index (χ4n) is 4.88. The minimum absolute atomic E-state index is 0.150. The van der Waals surface area contributed by atoms with Gasteiger partial charge in [0.25, 0.3) is 5.91 Å². The molecule has 2 amide bonds. The van der Waals surface area contributed by atoms with Crippen molar-refractivity contribution >= 4 is 29.4 Å². The number of nitrogens with zero attached hydrogens (tertiary/aromatic N) is 2. The molecule has 11 heteroatoms. The van der Waals surface area contributed by atoms with E-state index in [2.05, 4.69) is 10.3 Å². The Balaban J connectivity index is 1.54. The molecule has 9 nitrogen and oxygen atoms in total. The molecular weight excluding hydrogens is 551 g/mol. The normalized spacial score (nSPS) is 17.8. The topological polar surface area (TPSA) is 138 Å². The second kappa shape index (κ2) is 12.4. The first-order valence-electron chi connectivity index (χ1n) is 13.2. The summed E-state index contributed by atoms with van der Waals surface area (Å²) >= 11 is 6.02. The zero-order valence-electron chi connectivity index (χ0n) is 23.1. The van der Waals surface area contributed by atoms with E-state index >= 15 is 4.39 Å². The van der Waals surface area contributed by atoms with Gasteiger partial charge in [-0.25, -0.2) is 14.2 Å². The van der Waals surface area contributed by atoms with Crippen LogP contribution in [0.25, 0.3) is 11.1 Å². The van der Waals surface area contributed by atoms with Crippen LogP contribution in [0.5, 0.6) is 0 Å². The third-order valence-corrected chi connectivity index (χ3v) is 7.16. The second-order valence-corrected chi connectivity index (χ2v) is 11.5. The van der Waals surface area contributed by atoms with Gasteiger partial charge in [-0.15, -0.1) is 0 Å². The van der Waals surface area contributed by atoms with Crippen molar-refractivity contribution in [1.82, 2.24) is 15.2 Å². The number of hydrogen-bond donors (Lipinski definition) is 4. The van der Waals surface area contributed by atoms with Crippen molar-refractivity contribution in [2.24, 2.45) is 0 Å². The largest absolute Gasteiger partial charge is 0.444 e. The summed E-state index contributed by atoms with van der Waals surface area (Å²) in [6, 6.07) is 11.4. The van der Waals surface area contributed by atoms with Gasteiger partial charge in [-0.1, -0.05) is 29.8 Å². The lowest BCUT2D eigenvalue weighted by molar-refractivity contribution is 0.0174. The van der Waals surface area contributed by atoms with E-state index in [1.165, 1.54) is 17.0 Å². The summed E-state index contributed by atoms with van der Waals surface area (Å²) in [5.74, 6) is -1.45. The van der Waals surface area contributed by atoms with E-state index in [1.54, 1.807) is 63.4 Å². The first-order chi connectivity index (χ1) is 19.4. The molecule has 1 aromatic heterocycles. The van der Waals surface area contributed by atoms with Crippen LogP contribution in [0, 0.1) is 5.82 Å². The van der Waals surface area contributed by atoms with Gasteiger partial charge in [0.1, 0.15) is 17.2 Å². The number of anilines is 1. The number of benzene rings is 2. The summed E-state index contributed by atoms with van der Waals surface area (Å²) in [6.07, 6.45) is 1.60. The fraction of sp³-hybridized carbons (Fsp3) is 0.367. The number of aromatic nitrogens is 1. The Bertz CT molecular complexity index is 1430. The quantitative estimate of drug-likeness (QED) is 0.316. The van der Waals surface area contributed by atoms with Crippen LogP contribution in [-0.2, 0) is 4.74 Å². The van der Waals surface area contributed by atoms with E-state index in [1.807, 2.05) is 0 Å². The van der Waals surface area contributed by atoms with Gasteiger partial charge in [0.15, 0.2) is 0 Å². The van der Waals surface area contributed by atoms with Crippen molar-refractivity contribution in [1.29, 1.82) is 0 Å². The molecule has 3 atom stereocenters. The molecule has 41 heavy (non-hydrogen) atoms. The van der Waals surface area contributed by atoms with Crippen molar-refractivity contribution in [3.05, 3.63) is 82.3 Å². The molecule has 0 spiro atoms. The fourth-order valence-corrected chi connectivity index (χ4v) is 5.08. The minimum Gasteiger partial charge on any atom is -0.444 e. The molecule has 0 bridgehead atoms. The molecule has 1 aliphatic rings. The maximum atomic E-state index is 15.2. The summed E-state index contributed by atoms with van der Waals surface area (Å²) in [4.78, 5) is 31.4. The molecule has 0 aliphatic carbocycles. The third-order valence-electron chi connectivity index (χ3n) is 6.93. The summed E-state index contributed by atoms with van der Waals surface area (Å²) in [7, 11) is 0. The number of nitrogens with two attached hydrogens (primary N) is 1. The third kappa shape index (κ3) is 7.13. The number of amides is 2. The van der Waals surface area contributed by atoms with Crippen LogP contribution in [0.2, 0.25) is 5.02 Å². The van der Waals surface area contributed by atoms with Gasteiger partial charge in [-0.05, 0) is 74.2 Å². The Morgan fingerprint density at radius 1 is 1.22 bits per heavy atom. The molecule has 0 radical (unpaired) electrons. The first kappa shape index (κ1) is 30.2. The smallest absolute Gasteiger partial charge is 0.410 e. The van der Waals surface area contributed by atoms with Crippen molar-refractivity contribution in [3.8, 4) is 11.1 Å². The first-order valence-corrected chi connectivity index (χ1v) is 13.6. The lowest BCUT2D eigenvalue weighted by Crippen LogP contribution is -2.41. The Morgan fingerprint density at radius 3 is 2.61 bits per heavy atom. The van der Waals surface area contributed by atoms with E-state index in [4.69, 9.17) is 22.1 Å². The number of nitrogens with one attached hydrogen (secondary N) is 1. The lowest BCUT2D eigenvalue weighted by atomic mass is 9.94. The highest BCUT2D eigenvalue weighted by molar-refractivity contribution is 6.30. The van der Waals surface area contributed by atoms with Crippen LogP contribution in [0.3, 0.4) is 0 Å². The SMILES string of the molecule is CC(C)(C)OC(=O)N1C[C@@H](c2cnc(N)c(-c3ccc(C(=O)NC(CO)c4cccc(Cl)c4)c(F)c3)c2)C[C@H]1CO. The molecule has 1 unspecified atom stereocenters. The molecule has 5 N–H and O–H groups in total. The van der Waals surface area contributed by atoms with Crippen molar-refractivity contribution in [2.45, 2.75) is 50.8 Å². The molecule has 1 aliphatic heterocycles. The number of carbonyl (C=O) groups is 2. The minimum atomic E-state index is -0.773. The van der Waals surface area contributed by atoms with Gasteiger partial charge < -0.3 is 30.9 Å². The van der Waals surface area contributed by atoms with Crippen LogP contribution in [0.4, 0.5) is 15.0 Å². The number of rotatable bonds is 7. The highest BCUT2D eigenvalue weighted by atomic mass is 35.5. The van der Waals surface area contributed by atoms with Gasteiger partial charge in [0.05, 0.1) is 30.9 Å². The average molecular weight is 585 g/mol. The van der Waals surface area contributed by atoms with Crippen molar-refractivity contribution < 1.29 is 28.9 Å². The molecular formula is C30H34ClFN4O5. The van der Waals surface area contributed by atoms with Gasteiger partial charge in [0, 0.05) is 29.2 Å². The number of likely N-dealkylation sites (tertiary alicyclic amines) is 1. The highest BCUT2D eigenvalue weighted by Gasteiger charge is 2.38. The monoisotopic (exact) mass is 584 g/mol. The summed E-state index contributed by atoms with van der Waals surface area (Å²) in [5, 5.41) is 22.8. The Kier molecular flexibility index (Phi) is 9.16. The number of ether oxygens (including phenoxy) is 1. The molecule has 218 valence electrons. The van der Waals surface area contributed by atoms with E-state index < -0.39 is 42.1 Å². The van der Waals surface area contributed by atoms with Crippen molar-refractivity contribution in [2.75, 3.05) is 25.5 Å². The van der Waals surface area contributed by atoms with Crippen LogP contribution < -0.4 is 11.1 Å². The molecule has 3 aromatic rings. The van der Waals surface area contributed by atoms with Gasteiger partial charge in [-0.3, -0.25) is 4.79 Å². The number of aliphatic hydroxyl groups is 2. The standard InChI is InChI=1S/C30H34ClFN4O5/c1-30(2,3)41-29(40)36-14-20(10-22(36)15-37)19-11-24(27(33)34-13-19)17-7-8-23(25(32)12-17)28(39)35-26(16-38)18-5-4-6-21(31)9-18/h4-9,11-13,20,22,26,37-38H,10,14-16H2,1-3H3,(H2,33,34)(H,35,39)/t20-,22-,26?/m0/s1. The molecule has 2 aromatic carbocycles. The molecule has 4 rings (SSSR count). The Hall–Kier alpha value is -3.73. The van der Waals surface area contributed by atoms with Crippen LogP contribution in [0.15, 0.2) is 54.7 Å². The van der Waals surface area contributed by atoms with E-state index in [-0.39, 0.29) is 23.9 Å². The summed E-state index contributed by atoms with van der Waals surface area (Å²) in [6.45, 7) is 5.04. The van der Waals surface area contributed by atoms with E-state index in [0.29, 0.717) is 34.7 Å². The molecule has 2 heterocycles. The van der Waals surface area contributed by atoms with E-state index in [9.17, 15) is 19.8 Å². The number of hydrogen-bond acceptors (Lipinski definition) is 7. The number of nitrogen functional groups attached to an aromatic ring is 1. The number of aliphatic hydroxyl groups excluding tert-OH is 2. The maximum absolute atomic E-state index is 15.2. The Labute approximate surface area is 243 Å². The second-order valence-electron chi connectivity index (χ2n) is 11.1. The zero-order chi connectivity index (χ0) is 29.9. The lowest BCUT2D eigenvalue weighted by Gasteiger charge is -2.27. The molecule has 1 fully saturated rings. The maximum Gasteiger partial charge on any atom is 0.410 e. The number of halogens is 2. The van der Waals surface area contributed by atoms with Crippen LogP contribution >= 0.6 is 11.6 Å². The van der Waals surface area contributed by atoms with Crippen molar-refractivity contribution in [3.63, 3.8) is 0 Å². The molecule has 0 saturated carbocycles. The molecule has 1 saturated heterocycles. The van der Waals surface area contributed by atoms with E-state index in [0.717, 1.165) is 5.56 Å². The highest BCUT2D eigenvalue weighted by Crippen LogP contribution is 2.36. The van der Waals surface area contributed by atoms with Crippen LogP contribution in [0.1, 0.15) is 60.6 Å².